The molecule has 0 saturated carbocycles. The van der Waals surface area contributed by atoms with E-state index < -0.39 is 5.97 Å². The van der Waals surface area contributed by atoms with Crippen molar-refractivity contribution in [2.45, 2.75) is 6.92 Å². The van der Waals surface area contributed by atoms with Crippen molar-refractivity contribution in [3.8, 4) is 11.5 Å². The summed E-state index contributed by atoms with van der Waals surface area (Å²) >= 11 is 5.87. The van der Waals surface area contributed by atoms with Gasteiger partial charge in [-0.15, -0.1) is 0 Å². The largest absolute Gasteiger partial charge is 0.490 e. The molecular weight excluding hydrogens is 292 g/mol. The zero-order valence-corrected chi connectivity index (χ0v) is 12.3. The van der Waals surface area contributed by atoms with Crippen LogP contribution in [0.15, 0.2) is 42.5 Å². The first-order chi connectivity index (χ1) is 10.1. The van der Waals surface area contributed by atoms with E-state index in [2.05, 4.69) is 0 Å². The highest BCUT2D eigenvalue weighted by Crippen LogP contribution is 2.21. The maximum absolute atomic E-state index is 10.8. The maximum atomic E-state index is 10.8. The van der Waals surface area contributed by atoms with Gasteiger partial charge in [0, 0.05) is 5.02 Å². The number of benzene rings is 2. The number of rotatable bonds is 6. The summed E-state index contributed by atoms with van der Waals surface area (Å²) in [6, 6.07) is 11.7. The predicted octanol–water partition coefficient (Wildman–Crippen LogP) is 3.80. The molecule has 0 aliphatic carbocycles. The standard InChI is InChI=1S/C16H15ClO4/c1-11-9-13(17)5-6-15(11)21-8-7-20-14-4-2-3-12(10-14)16(18)19/h2-6,9-10H,7-8H2,1H3,(H,18,19). The second-order valence-electron chi connectivity index (χ2n) is 4.44. The van der Waals surface area contributed by atoms with Crippen molar-refractivity contribution in [1.29, 1.82) is 0 Å². The molecule has 0 spiro atoms. The average molecular weight is 307 g/mol. The maximum Gasteiger partial charge on any atom is 0.335 e. The molecule has 2 aromatic rings. The van der Waals surface area contributed by atoms with E-state index in [-0.39, 0.29) is 5.56 Å². The summed E-state index contributed by atoms with van der Waals surface area (Å²) < 4.78 is 11.1. The first-order valence-corrected chi connectivity index (χ1v) is 6.79. The molecule has 0 amide bonds. The monoisotopic (exact) mass is 306 g/mol. The van der Waals surface area contributed by atoms with Gasteiger partial charge < -0.3 is 14.6 Å². The SMILES string of the molecule is Cc1cc(Cl)ccc1OCCOc1cccc(C(=O)O)c1. The fourth-order valence-corrected chi connectivity index (χ4v) is 2.03. The highest BCUT2D eigenvalue weighted by atomic mass is 35.5. The van der Waals surface area contributed by atoms with E-state index in [4.69, 9.17) is 26.2 Å². The summed E-state index contributed by atoms with van der Waals surface area (Å²) in [5.41, 5.74) is 1.15. The predicted molar refractivity (Wildman–Crippen MR) is 80.6 cm³/mol. The molecule has 4 nitrogen and oxygen atoms in total. The highest BCUT2D eigenvalue weighted by molar-refractivity contribution is 6.30. The van der Waals surface area contributed by atoms with Crippen LogP contribution in [0.5, 0.6) is 11.5 Å². The Bertz CT molecular complexity index is 640. The van der Waals surface area contributed by atoms with Crippen LogP contribution in [0.4, 0.5) is 0 Å². The molecule has 110 valence electrons. The normalized spacial score (nSPS) is 10.2. The molecule has 2 rings (SSSR count). The molecule has 21 heavy (non-hydrogen) atoms. The minimum absolute atomic E-state index is 0.196. The van der Waals surface area contributed by atoms with E-state index in [1.807, 2.05) is 19.1 Å². The third-order valence-corrected chi connectivity index (χ3v) is 3.06. The van der Waals surface area contributed by atoms with E-state index in [0.29, 0.717) is 24.0 Å². The Morgan fingerprint density at radius 3 is 2.62 bits per heavy atom. The molecule has 0 fully saturated rings. The topological polar surface area (TPSA) is 55.8 Å². The lowest BCUT2D eigenvalue weighted by atomic mass is 10.2. The molecule has 0 radical (unpaired) electrons. The third-order valence-electron chi connectivity index (χ3n) is 2.83. The lowest BCUT2D eigenvalue weighted by molar-refractivity contribution is 0.0696. The molecule has 0 aliphatic heterocycles. The van der Waals surface area contributed by atoms with Crippen molar-refractivity contribution < 1.29 is 19.4 Å². The number of ether oxygens (including phenoxy) is 2. The number of carbonyl (C=O) groups is 1. The Balaban J connectivity index is 1.84. The Labute approximate surface area is 127 Å². The number of hydrogen-bond acceptors (Lipinski definition) is 3. The van der Waals surface area contributed by atoms with Gasteiger partial charge in [-0.1, -0.05) is 17.7 Å². The summed E-state index contributed by atoms with van der Waals surface area (Å²) in [6.45, 7) is 2.60. The molecule has 0 aromatic heterocycles. The molecule has 0 heterocycles. The number of carboxylic acid groups (broad SMARTS) is 1. The Hall–Kier alpha value is -2.20. The third kappa shape index (κ3) is 4.39. The number of hydrogen-bond donors (Lipinski definition) is 1. The Morgan fingerprint density at radius 1 is 1.14 bits per heavy atom. The molecule has 5 heteroatoms. The second kappa shape index (κ2) is 6.99. The van der Waals surface area contributed by atoms with Crippen LogP contribution in [0.25, 0.3) is 0 Å². The quantitative estimate of drug-likeness (QED) is 0.825. The molecule has 2 aromatic carbocycles. The number of carboxylic acids is 1. The van der Waals surface area contributed by atoms with Crippen molar-refractivity contribution in [1.82, 2.24) is 0 Å². The van der Waals surface area contributed by atoms with E-state index in [1.165, 1.54) is 12.1 Å². The van der Waals surface area contributed by atoms with E-state index in [0.717, 1.165) is 11.3 Å². The number of halogens is 1. The summed E-state index contributed by atoms with van der Waals surface area (Å²) in [7, 11) is 0. The lowest BCUT2D eigenvalue weighted by Gasteiger charge is -2.10. The molecular formula is C16H15ClO4. The molecule has 0 aliphatic rings. The van der Waals surface area contributed by atoms with Crippen LogP contribution in [0.2, 0.25) is 5.02 Å². The first kappa shape index (κ1) is 15.2. The van der Waals surface area contributed by atoms with Crippen molar-refractivity contribution in [2.24, 2.45) is 0 Å². The van der Waals surface area contributed by atoms with Gasteiger partial charge in [-0.05, 0) is 48.9 Å². The molecule has 0 saturated heterocycles. The first-order valence-electron chi connectivity index (χ1n) is 6.41. The van der Waals surface area contributed by atoms with Crippen LogP contribution in [-0.4, -0.2) is 24.3 Å². The van der Waals surface area contributed by atoms with Crippen molar-refractivity contribution in [3.05, 3.63) is 58.6 Å². The van der Waals surface area contributed by atoms with Gasteiger partial charge in [0.25, 0.3) is 0 Å². The number of aryl methyl sites for hydroxylation is 1. The van der Waals surface area contributed by atoms with Gasteiger partial charge in [0.05, 0.1) is 5.56 Å². The van der Waals surface area contributed by atoms with Crippen molar-refractivity contribution in [3.63, 3.8) is 0 Å². The van der Waals surface area contributed by atoms with Crippen LogP contribution in [0.3, 0.4) is 0 Å². The van der Waals surface area contributed by atoms with Gasteiger partial charge in [0.15, 0.2) is 0 Å². The van der Waals surface area contributed by atoms with Gasteiger partial charge in [0.2, 0.25) is 0 Å². The Morgan fingerprint density at radius 2 is 1.90 bits per heavy atom. The summed E-state index contributed by atoms with van der Waals surface area (Å²) in [6.07, 6.45) is 0. The lowest BCUT2D eigenvalue weighted by Crippen LogP contribution is -2.10. The van der Waals surface area contributed by atoms with Gasteiger partial charge in [-0.2, -0.15) is 0 Å². The summed E-state index contributed by atoms with van der Waals surface area (Å²) in [5.74, 6) is 0.280. The minimum Gasteiger partial charge on any atom is -0.490 e. The van der Waals surface area contributed by atoms with Crippen LogP contribution in [0, 0.1) is 6.92 Å². The van der Waals surface area contributed by atoms with Gasteiger partial charge in [-0.3, -0.25) is 0 Å². The van der Waals surface area contributed by atoms with E-state index in [1.54, 1.807) is 18.2 Å². The fourth-order valence-electron chi connectivity index (χ4n) is 1.80. The summed E-state index contributed by atoms with van der Waals surface area (Å²) in [5, 5.41) is 9.56. The van der Waals surface area contributed by atoms with Crippen LogP contribution in [0.1, 0.15) is 15.9 Å². The van der Waals surface area contributed by atoms with Crippen molar-refractivity contribution >= 4 is 17.6 Å². The number of aromatic carboxylic acids is 1. The molecule has 1 N–H and O–H groups in total. The van der Waals surface area contributed by atoms with Gasteiger partial charge in [0.1, 0.15) is 24.7 Å². The zero-order valence-electron chi connectivity index (χ0n) is 11.5. The van der Waals surface area contributed by atoms with Gasteiger partial charge >= 0.3 is 5.97 Å². The highest BCUT2D eigenvalue weighted by Gasteiger charge is 2.04. The molecule has 0 atom stereocenters. The van der Waals surface area contributed by atoms with Crippen LogP contribution < -0.4 is 9.47 Å². The smallest absolute Gasteiger partial charge is 0.335 e. The minimum atomic E-state index is -0.978. The van der Waals surface area contributed by atoms with E-state index >= 15 is 0 Å². The van der Waals surface area contributed by atoms with Crippen LogP contribution >= 0.6 is 11.6 Å². The van der Waals surface area contributed by atoms with Crippen LogP contribution in [-0.2, 0) is 0 Å². The van der Waals surface area contributed by atoms with E-state index in [9.17, 15) is 4.79 Å². The second-order valence-corrected chi connectivity index (χ2v) is 4.88. The summed E-state index contributed by atoms with van der Waals surface area (Å²) in [4.78, 5) is 10.8. The average Bonchev–Trinajstić information content (AvgIpc) is 2.45. The fraction of sp³-hybridized carbons (Fsp3) is 0.188. The van der Waals surface area contributed by atoms with Gasteiger partial charge in [-0.25, -0.2) is 4.79 Å². The Kier molecular flexibility index (Phi) is 5.06. The molecule has 0 unspecified atom stereocenters. The zero-order chi connectivity index (χ0) is 15.2. The van der Waals surface area contributed by atoms with Crippen molar-refractivity contribution in [2.75, 3.05) is 13.2 Å². The molecule has 0 bridgehead atoms.